The van der Waals surface area contributed by atoms with E-state index in [1.54, 1.807) is 4.31 Å². The number of nitrogens with zero attached hydrogens (tertiary/aromatic N) is 5. The third-order valence-corrected chi connectivity index (χ3v) is 6.63. The van der Waals surface area contributed by atoms with E-state index in [1.165, 1.54) is 19.1 Å². The normalized spacial score (nSPS) is 27.8. The summed E-state index contributed by atoms with van der Waals surface area (Å²) in [6, 6.07) is 0.234. The minimum Gasteiger partial charge on any atom is -0.347 e. The molecule has 0 spiro atoms. The van der Waals surface area contributed by atoms with Gasteiger partial charge >= 0.3 is 0 Å². The lowest BCUT2D eigenvalue weighted by atomic mass is 9.90. The van der Waals surface area contributed by atoms with Crippen LogP contribution in [0.15, 0.2) is 6.20 Å². The first-order chi connectivity index (χ1) is 11.3. The van der Waals surface area contributed by atoms with Crippen molar-refractivity contribution >= 4 is 16.0 Å². The molecular formula is C16H25N5O2S. The number of fused-ring (bicyclic) bond motifs is 3. The van der Waals surface area contributed by atoms with E-state index in [9.17, 15) is 8.42 Å². The molecule has 24 heavy (non-hydrogen) atoms. The molecule has 0 amide bonds. The van der Waals surface area contributed by atoms with Crippen LogP contribution in [-0.2, 0) is 16.6 Å². The molecule has 2 aliphatic heterocycles. The van der Waals surface area contributed by atoms with Crippen molar-refractivity contribution < 1.29 is 8.42 Å². The Morgan fingerprint density at radius 1 is 1.29 bits per heavy atom. The zero-order chi connectivity index (χ0) is 17.1. The number of anilines is 1. The minimum absolute atomic E-state index is 0.143. The van der Waals surface area contributed by atoms with Gasteiger partial charge in [0.1, 0.15) is 0 Å². The van der Waals surface area contributed by atoms with Crippen LogP contribution in [0, 0.1) is 5.92 Å². The zero-order valence-corrected chi connectivity index (χ0v) is 15.3. The third kappa shape index (κ3) is 2.91. The molecule has 1 saturated carbocycles. The van der Waals surface area contributed by atoms with Crippen LogP contribution >= 0.6 is 0 Å². The fourth-order valence-electron chi connectivity index (χ4n) is 3.90. The van der Waals surface area contributed by atoms with Gasteiger partial charge in [-0.2, -0.15) is 4.31 Å². The molecule has 132 valence electrons. The smallest absolute Gasteiger partial charge is 0.225 e. The monoisotopic (exact) mass is 351 g/mol. The molecule has 8 heteroatoms. The van der Waals surface area contributed by atoms with Crippen molar-refractivity contribution in [3.8, 4) is 0 Å². The molecule has 0 bridgehead atoms. The van der Waals surface area contributed by atoms with E-state index < -0.39 is 10.0 Å². The lowest BCUT2D eigenvalue weighted by Gasteiger charge is -2.37. The summed E-state index contributed by atoms with van der Waals surface area (Å²) < 4.78 is 25.8. The lowest BCUT2D eigenvalue weighted by molar-refractivity contribution is 0.158. The standard InChI is InChI=1S/C16H25N5O2S/c1-19(2)16-17-6-12-8-20(7-11-4-5-11)14-10-21(24(3,22)23)9-13(14)15(12)18-16/h6,11,13-14H,4-5,7-10H2,1-3H3. The molecule has 1 aromatic rings. The third-order valence-electron chi connectivity index (χ3n) is 5.39. The maximum atomic E-state index is 12.1. The highest BCUT2D eigenvalue weighted by Gasteiger charge is 2.46. The van der Waals surface area contributed by atoms with E-state index in [1.807, 2.05) is 25.2 Å². The number of sulfonamides is 1. The van der Waals surface area contributed by atoms with Gasteiger partial charge in [-0.3, -0.25) is 4.90 Å². The average Bonchev–Trinajstić information content (AvgIpc) is 3.19. The van der Waals surface area contributed by atoms with Crippen molar-refractivity contribution in [3.05, 3.63) is 17.5 Å². The lowest BCUT2D eigenvalue weighted by Crippen LogP contribution is -2.45. The molecule has 0 N–H and O–H groups in total. The molecule has 7 nitrogen and oxygen atoms in total. The Morgan fingerprint density at radius 3 is 2.67 bits per heavy atom. The van der Waals surface area contributed by atoms with Gasteiger partial charge in [-0.15, -0.1) is 0 Å². The van der Waals surface area contributed by atoms with Gasteiger partial charge in [-0.1, -0.05) is 0 Å². The van der Waals surface area contributed by atoms with Crippen molar-refractivity contribution in [2.75, 3.05) is 44.9 Å². The summed E-state index contributed by atoms with van der Waals surface area (Å²) in [5.74, 6) is 1.62. The van der Waals surface area contributed by atoms with Gasteiger partial charge in [0.2, 0.25) is 16.0 Å². The molecule has 3 aliphatic rings. The van der Waals surface area contributed by atoms with Crippen LogP contribution in [0.1, 0.15) is 30.0 Å². The second-order valence-electron chi connectivity index (χ2n) is 7.60. The van der Waals surface area contributed by atoms with Crippen LogP contribution in [-0.4, -0.2) is 73.6 Å². The van der Waals surface area contributed by atoms with E-state index in [2.05, 4.69) is 9.88 Å². The van der Waals surface area contributed by atoms with Gasteiger partial charge in [0.25, 0.3) is 0 Å². The highest BCUT2D eigenvalue weighted by atomic mass is 32.2. The Morgan fingerprint density at radius 2 is 2.04 bits per heavy atom. The quantitative estimate of drug-likeness (QED) is 0.787. The predicted octanol–water partition coefficient (Wildman–Crippen LogP) is 0.496. The van der Waals surface area contributed by atoms with Crippen molar-refractivity contribution in [2.24, 2.45) is 5.92 Å². The second-order valence-corrected chi connectivity index (χ2v) is 9.58. The van der Waals surface area contributed by atoms with Crippen LogP contribution in [0.5, 0.6) is 0 Å². The summed E-state index contributed by atoms with van der Waals surface area (Å²) in [6.45, 7) is 3.00. The first kappa shape index (κ1) is 16.2. The van der Waals surface area contributed by atoms with Gasteiger partial charge in [-0.25, -0.2) is 18.4 Å². The average molecular weight is 351 g/mol. The largest absolute Gasteiger partial charge is 0.347 e. The molecule has 2 unspecified atom stereocenters. The summed E-state index contributed by atoms with van der Waals surface area (Å²) in [7, 11) is 0.686. The second kappa shape index (κ2) is 5.64. The van der Waals surface area contributed by atoms with Crippen molar-refractivity contribution in [1.82, 2.24) is 19.2 Å². The molecule has 2 fully saturated rings. The van der Waals surface area contributed by atoms with Gasteiger partial charge in [0.15, 0.2) is 0 Å². The zero-order valence-electron chi connectivity index (χ0n) is 14.5. The SMILES string of the molecule is CN(C)c1ncc2c(n1)C1CN(S(C)(=O)=O)CC1N(CC1CC1)C2. The van der Waals surface area contributed by atoms with Crippen LogP contribution in [0.25, 0.3) is 0 Å². The molecular weight excluding hydrogens is 326 g/mol. The summed E-state index contributed by atoms with van der Waals surface area (Å²) in [5.41, 5.74) is 2.19. The Labute approximate surface area is 143 Å². The molecule has 1 aliphatic carbocycles. The fourth-order valence-corrected chi connectivity index (χ4v) is 4.75. The first-order valence-corrected chi connectivity index (χ1v) is 10.4. The van der Waals surface area contributed by atoms with Crippen molar-refractivity contribution in [2.45, 2.75) is 31.3 Å². The fraction of sp³-hybridized carbons (Fsp3) is 0.750. The van der Waals surface area contributed by atoms with E-state index in [0.717, 1.165) is 30.3 Å². The Hall–Kier alpha value is -1.25. The maximum Gasteiger partial charge on any atom is 0.225 e. The summed E-state index contributed by atoms with van der Waals surface area (Å²) in [6.07, 6.45) is 5.83. The Kier molecular flexibility index (Phi) is 3.81. The van der Waals surface area contributed by atoms with Gasteiger partial charge < -0.3 is 4.90 Å². The number of hydrogen-bond acceptors (Lipinski definition) is 6. The van der Waals surface area contributed by atoms with Crippen LogP contribution in [0.4, 0.5) is 5.95 Å². The van der Waals surface area contributed by atoms with E-state index in [0.29, 0.717) is 19.0 Å². The molecule has 4 rings (SSSR count). The Balaban J connectivity index is 1.71. The van der Waals surface area contributed by atoms with Gasteiger partial charge in [0, 0.05) is 64.0 Å². The van der Waals surface area contributed by atoms with Crippen LogP contribution < -0.4 is 4.90 Å². The summed E-state index contributed by atoms with van der Waals surface area (Å²) >= 11 is 0. The minimum atomic E-state index is -3.17. The molecule has 3 heterocycles. The number of aromatic nitrogens is 2. The van der Waals surface area contributed by atoms with E-state index in [-0.39, 0.29) is 12.0 Å². The topological polar surface area (TPSA) is 69.6 Å². The number of hydrogen-bond donors (Lipinski definition) is 0. The summed E-state index contributed by atoms with van der Waals surface area (Å²) in [4.78, 5) is 13.6. The van der Waals surface area contributed by atoms with Gasteiger partial charge in [0.05, 0.1) is 11.9 Å². The predicted molar refractivity (Wildman–Crippen MR) is 92.4 cm³/mol. The van der Waals surface area contributed by atoms with E-state index in [4.69, 9.17) is 4.98 Å². The van der Waals surface area contributed by atoms with Crippen molar-refractivity contribution in [1.29, 1.82) is 0 Å². The van der Waals surface area contributed by atoms with Crippen LogP contribution in [0.2, 0.25) is 0 Å². The summed E-state index contributed by atoms with van der Waals surface area (Å²) in [5, 5.41) is 0. The molecule has 1 saturated heterocycles. The van der Waals surface area contributed by atoms with Gasteiger partial charge in [-0.05, 0) is 18.8 Å². The molecule has 2 atom stereocenters. The molecule has 1 aromatic heterocycles. The van der Waals surface area contributed by atoms with E-state index >= 15 is 0 Å². The van der Waals surface area contributed by atoms with Crippen LogP contribution in [0.3, 0.4) is 0 Å². The molecule has 0 aromatic carbocycles. The van der Waals surface area contributed by atoms with Crippen molar-refractivity contribution in [3.63, 3.8) is 0 Å². The maximum absolute atomic E-state index is 12.1. The highest BCUT2D eigenvalue weighted by Crippen LogP contribution is 2.41. The highest BCUT2D eigenvalue weighted by molar-refractivity contribution is 7.88. The first-order valence-electron chi connectivity index (χ1n) is 8.55. The Bertz CT molecular complexity index is 747. The number of rotatable bonds is 4. The molecule has 0 radical (unpaired) electrons.